The molecule has 1 amide bonds. The number of carboxylic acids is 1. The number of nitrogens with one attached hydrogen (secondary N) is 1. The number of carbonyl (C=O) groups excluding carboxylic acids is 1. The van der Waals surface area contributed by atoms with Crippen molar-refractivity contribution in [3.63, 3.8) is 0 Å². The molecule has 0 bridgehead atoms. The van der Waals surface area contributed by atoms with Crippen LogP contribution in [0.3, 0.4) is 0 Å². The first kappa shape index (κ1) is 15.7. The van der Waals surface area contributed by atoms with Crippen molar-refractivity contribution in [2.75, 3.05) is 0 Å². The van der Waals surface area contributed by atoms with Gasteiger partial charge in [-0.3, -0.25) is 4.79 Å². The molecular formula is C12H19F2NO4. The van der Waals surface area contributed by atoms with E-state index in [0.29, 0.717) is 0 Å². The number of alkyl carbamates (subject to hydrolysis) is 1. The third-order valence-electron chi connectivity index (χ3n) is 2.73. The number of aliphatic carboxylic acids is 1. The highest BCUT2D eigenvalue weighted by Gasteiger charge is 2.44. The van der Waals surface area contributed by atoms with Crippen molar-refractivity contribution in [1.82, 2.24) is 5.32 Å². The first-order valence-corrected chi connectivity index (χ1v) is 6.09. The van der Waals surface area contributed by atoms with Crippen LogP contribution in [0.1, 0.15) is 40.0 Å². The Kier molecular flexibility index (Phi) is 4.37. The van der Waals surface area contributed by atoms with Gasteiger partial charge in [0.1, 0.15) is 5.60 Å². The van der Waals surface area contributed by atoms with Gasteiger partial charge in [-0.15, -0.1) is 0 Å². The monoisotopic (exact) mass is 279 g/mol. The average Bonchev–Trinajstić information content (AvgIpc) is 2.10. The number of ether oxygens (including phenoxy) is 1. The Bertz CT molecular complexity index is 365. The van der Waals surface area contributed by atoms with E-state index in [1.165, 1.54) is 0 Å². The number of rotatable bonds is 2. The number of amides is 1. The van der Waals surface area contributed by atoms with Gasteiger partial charge in [-0.2, -0.15) is 0 Å². The molecule has 7 heteroatoms. The molecule has 0 radical (unpaired) electrons. The Hall–Kier alpha value is -1.40. The molecule has 0 saturated heterocycles. The second-order valence-electron chi connectivity index (χ2n) is 5.88. The van der Waals surface area contributed by atoms with Gasteiger partial charge in [-0.1, -0.05) is 0 Å². The zero-order chi connectivity index (χ0) is 14.8. The molecule has 0 spiro atoms. The maximum Gasteiger partial charge on any atom is 0.407 e. The molecule has 2 atom stereocenters. The fraction of sp³-hybridized carbons (Fsp3) is 0.833. The fourth-order valence-electron chi connectivity index (χ4n) is 2.09. The predicted molar refractivity (Wildman–Crippen MR) is 63.1 cm³/mol. The lowest BCUT2D eigenvalue weighted by atomic mass is 9.83. The Morgan fingerprint density at radius 1 is 1.32 bits per heavy atom. The fourth-order valence-corrected chi connectivity index (χ4v) is 2.09. The quantitative estimate of drug-likeness (QED) is 0.813. The van der Waals surface area contributed by atoms with Crippen LogP contribution in [0, 0.1) is 5.92 Å². The number of hydrogen-bond acceptors (Lipinski definition) is 3. The van der Waals surface area contributed by atoms with Gasteiger partial charge in [-0.05, 0) is 27.2 Å². The van der Waals surface area contributed by atoms with Crippen LogP contribution in [0.15, 0.2) is 0 Å². The van der Waals surface area contributed by atoms with E-state index in [0.717, 1.165) is 0 Å². The lowest BCUT2D eigenvalue weighted by molar-refractivity contribution is -0.150. The van der Waals surface area contributed by atoms with Gasteiger partial charge in [0.15, 0.2) is 0 Å². The Balaban J connectivity index is 2.62. The van der Waals surface area contributed by atoms with E-state index >= 15 is 0 Å². The molecule has 1 fully saturated rings. The van der Waals surface area contributed by atoms with Crippen LogP contribution in [0.4, 0.5) is 13.6 Å². The molecule has 1 rings (SSSR count). The Morgan fingerprint density at radius 2 is 1.89 bits per heavy atom. The van der Waals surface area contributed by atoms with Crippen LogP contribution in [-0.2, 0) is 9.53 Å². The number of alkyl halides is 2. The van der Waals surface area contributed by atoms with Gasteiger partial charge in [0, 0.05) is 18.9 Å². The standard InChI is InChI=1S/C12H19F2NO4/c1-11(2,3)19-10(18)15-8-4-7(9(16)17)5-12(13,14)6-8/h7-8H,4-6H2,1-3H3,(H,15,18)(H,16,17). The summed E-state index contributed by atoms with van der Waals surface area (Å²) in [4.78, 5) is 22.3. The highest BCUT2D eigenvalue weighted by molar-refractivity contribution is 5.71. The molecule has 0 aromatic carbocycles. The minimum Gasteiger partial charge on any atom is -0.481 e. The second kappa shape index (κ2) is 5.30. The molecule has 2 unspecified atom stereocenters. The smallest absolute Gasteiger partial charge is 0.407 e. The van der Waals surface area contributed by atoms with Crippen molar-refractivity contribution < 1.29 is 28.2 Å². The summed E-state index contributed by atoms with van der Waals surface area (Å²) >= 11 is 0. The van der Waals surface area contributed by atoms with E-state index in [2.05, 4.69) is 5.32 Å². The van der Waals surface area contributed by atoms with Gasteiger partial charge in [0.05, 0.1) is 5.92 Å². The minimum atomic E-state index is -3.08. The maximum absolute atomic E-state index is 13.4. The summed E-state index contributed by atoms with van der Waals surface area (Å²) in [5, 5.41) is 11.1. The summed E-state index contributed by atoms with van der Waals surface area (Å²) in [5.74, 6) is -5.50. The molecule has 0 heterocycles. The van der Waals surface area contributed by atoms with E-state index < -0.39 is 48.4 Å². The molecule has 5 nitrogen and oxygen atoms in total. The summed E-state index contributed by atoms with van der Waals surface area (Å²) in [6, 6.07) is -0.889. The van der Waals surface area contributed by atoms with Gasteiger partial charge < -0.3 is 15.2 Å². The highest BCUT2D eigenvalue weighted by atomic mass is 19.3. The molecule has 19 heavy (non-hydrogen) atoms. The van der Waals surface area contributed by atoms with Gasteiger partial charge in [0.2, 0.25) is 0 Å². The van der Waals surface area contributed by atoms with Crippen LogP contribution in [0.5, 0.6) is 0 Å². The molecule has 1 saturated carbocycles. The van der Waals surface area contributed by atoms with Crippen molar-refractivity contribution >= 4 is 12.1 Å². The molecule has 1 aliphatic carbocycles. The van der Waals surface area contributed by atoms with Crippen molar-refractivity contribution in [2.24, 2.45) is 5.92 Å². The summed E-state index contributed by atoms with van der Waals surface area (Å²) in [6.45, 7) is 4.96. The van der Waals surface area contributed by atoms with Crippen LogP contribution < -0.4 is 5.32 Å². The molecular weight excluding hydrogens is 260 g/mol. The molecule has 110 valence electrons. The average molecular weight is 279 g/mol. The zero-order valence-electron chi connectivity index (χ0n) is 11.2. The van der Waals surface area contributed by atoms with Crippen LogP contribution in [-0.4, -0.2) is 34.7 Å². The Labute approximate surface area is 110 Å². The summed E-state index contributed by atoms with van der Waals surface area (Å²) in [5.41, 5.74) is -0.729. The molecule has 1 aliphatic rings. The number of carbonyl (C=O) groups is 2. The number of halogens is 2. The van der Waals surface area contributed by atoms with E-state index in [9.17, 15) is 18.4 Å². The topological polar surface area (TPSA) is 75.6 Å². The zero-order valence-corrected chi connectivity index (χ0v) is 11.2. The normalized spacial score (nSPS) is 26.6. The second-order valence-corrected chi connectivity index (χ2v) is 5.88. The van der Waals surface area contributed by atoms with Crippen LogP contribution >= 0.6 is 0 Å². The van der Waals surface area contributed by atoms with Gasteiger partial charge in [0.25, 0.3) is 5.92 Å². The SMILES string of the molecule is CC(C)(C)OC(=O)NC1CC(C(=O)O)CC(F)(F)C1. The maximum atomic E-state index is 13.4. The van der Waals surface area contributed by atoms with E-state index in [1.807, 2.05) is 0 Å². The van der Waals surface area contributed by atoms with Crippen molar-refractivity contribution in [1.29, 1.82) is 0 Å². The highest BCUT2D eigenvalue weighted by Crippen LogP contribution is 2.37. The summed E-state index contributed by atoms with van der Waals surface area (Å²) in [6.07, 6.45) is -2.06. The first-order chi connectivity index (χ1) is 8.48. The lowest BCUT2D eigenvalue weighted by Gasteiger charge is -2.33. The van der Waals surface area contributed by atoms with Crippen LogP contribution in [0.25, 0.3) is 0 Å². The third-order valence-corrected chi connectivity index (χ3v) is 2.73. The number of carboxylic acid groups (broad SMARTS) is 1. The van der Waals surface area contributed by atoms with E-state index in [-0.39, 0.29) is 6.42 Å². The molecule has 0 aromatic heterocycles. The largest absolute Gasteiger partial charge is 0.481 e. The lowest BCUT2D eigenvalue weighted by Crippen LogP contribution is -2.47. The van der Waals surface area contributed by atoms with E-state index in [1.54, 1.807) is 20.8 Å². The minimum absolute atomic E-state index is 0.00976. The predicted octanol–water partition coefficient (Wildman–Crippen LogP) is 2.40. The van der Waals surface area contributed by atoms with Gasteiger partial charge in [-0.25, -0.2) is 13.6 Å². The summed E-state index contributed by atoms with van der Waals surface area (Å²) < 4.78 is 31.8. The van der Waals surface area contributed by atoms with Crippen molar-refractivity contribution in [3.8, 4) is 0 Å². The van der Waals surface area contributed by atoms with Crippen molar-refractivity contribution in [2.45, 2.75) is 57.6 Å². The number of hydrogen-bond donors (Lipinski definition) is 2. The van der Waals surface area contributed by atoms with Crippen LogP contribution in [0.2, 0.25) is 0 Å². The molecule has 0 aliphatic heterocycles. The summed E-state index contributed by atoms with van der Waals surface area (Å²) in [7, 11) is 0. The third kappa shape index (κ3) is 5.40. The van der Waals surface area contributed by atoms with Crippen molar-refractivity contribution in [3.05, 3.63) is 0 Å². The van der Waals surface area contributed by atoms with Gasteiger partial charge >= 0.3 is 12.1 Å². The Morgan fingerprint density at radius 3 is 2.37 bits per heavy atom. The van der Waals surface area contributed by atoms with E-state index in [4.69, 9.17) is 9.84 Å². The molecule has 2 N–H and O–H groups in total. The molecule has 0 aromatic rings. The first-order valence-electron chi connectivity index (χ1n) is 6.09.